The van der Waals surface area contributed by atoms with Gasteiger partial charge in [0.05, 0.1) is 5.25 Å². The second-order valence-electron chi connectivity index (χ2n) is 5.63. The molecule has 0 radical (unpaired) electrons. The summed E-state index contributed by atoms with van der Waals surface area (Å²) in [6, 6.07) is 5.71. The van der Waals surface area contributed by atoms with Gasteiger partial charge in [0, 0.05) is 17.8 Å². The van der Waals surface area contributed by atoms with Gasteiger partial charge in [-0.2, -0.15) is 0 Å². The number of rotatable bonds is 6. The maximum absolute atomic E-state index is 12.2. The number of hydrogen-bond acceptors (Lipinski definition) is 3. The number of fused-ring (bicyclic) bond motifs is 1. The summed E-state index contributed by atoms with van der Waals surface area (Å²) < 4.78 is 0. The van der Waals surface area contributed by atoms with Crippen LogP contribution in [0, 0.1) is 0 Å². The van der Waals surface area contributed by atoms with Crippen LogP contribution in [-0.2, 0) is 16.0 Å². The molecular weight excluding hydrogens is 296 g/mol. The highest BCUT2D eigenvalue weighted by Crippen LogP contribution is 2.26. The van der Waals surface area contributed by atoms with E-state index in [4.69, 9.17) is 0 Å². The molecule has 1 aromatic carbocycles. The molecule has 1 aromatic rings. The number of benzene rings is 1. The van der Waals surface area contributed by atoms with E-state index in [1.165, 1.54) is 0 Å². The molecule has 0 saturated heterocycles. The molecule has 2 rings (SSSR count). The zero-order chi connectivity index (χ0) is 15.9. The van der Waals surface area contributed by atoms with Gasteiger partial charge < -0.3 is 10.6 Å². The van der Waals surface area contributed by atoms with Crippen molar-refractivity contribution in [1.82, 2.24) is 0 Å². The Hall–Kier alpha value is -1.49. The molecule has 0 aromatic heterocycles. The number of anilines is 2. The van der Waals surface area contributed by atoms with E-state index in [-0.39, 0.29) is 17.1 Å². The van der Waals surface area contributed by atoms with Gasteiger partial charge in [-0.25, -0.2) is 0 Å². The Kier molecular flexibility index (Phi) is 6.31. The molecule has 1 heterocycles. The predicted octanol–water partition coefficient (Wildman–Crippen LogP) is 3.82. The Bertz CT molecular complexity index is 545. The van der Waals surface area contributed by atoms with E-state index in [0.717, 1.165) is 48.4 Å². The molecule has 5 heteroatoms. The summed E-state index contributed by atoms with van der Waals surface area (Å²) >= 11 is 1.69. The van der Waals surface area contributed by atoms with Crippen LogP contribution in [0.2, 0.25) is 0 Å². The average Bonchev–Trinajstić information content (AvgIpc) is 2.67. The van der Waals surface area contributed by atoms with Crippen LogP contribution in [-0.4, -0.2) is 22.8 Å². The number of nitrogens with one attached hydrogen (secondary N) is 2. The Morgan fingerprint density at radius 3 is 3.00 bits per heavy atom. The van der Waals surface area contributed by atoms with E-state index in [1.807, 2.05) is 25.1 Å². The smallest absolute Gasteiger partial charge is 0.237 e. The van der Waals surface area contributed by atoms with Crippen LogP contribution in [0.4, 0.5) is 11.4 Å². The SMILES string of the molecule is CCCCS[C@H](C)C(=O)Nc1ccc2c(c1)CCCC(=O)N2. The lowest BCUT2D eigenvalue weighted by Gasteiger charge is -2.14. The Labute approximate surface area is 136 Å². The summed E-state index contributed by atoms with van der Waals surface area (Å²) in [5.41, 5.74) is 2.77. The van der Waals surface area contributed by atoms with Crippen molar-refractivity contribution in [3.63, 3.8) is 0 Å². The van der Waals surface area contributed by atoms with Crippen molar-refractivity contribution < 1.29 is 9.59 Å². The minimum atomic E-state index is -0.0509. The van der Waals surface area contributed by atoms with E-state index in [0.29, 0.717) is 6.42 Å². The van der Waals surface area contributed by atoms with Gasteiger partial charge in [0.15, 0.2) is 0 Å². The van der Waals surface area contributed by atoms with Crippen molar-refractivity contribution >= 4 is 35.0 Å². The monoisotopic (exact) mass is 320 g/mol. The molecule has 120 valence electrons. The van der Waals surface area contributed by atoms with Crippen LogP contribution in [0.5, 0.6) is 0 Å². The Morgan fingerprint density at radius 2 is 2.23 bits per heavy atom. The first kappa shape index (κ1) is 16.9. The second kappa shape index (κ2) is 8.22. The van der Waals surface area contributed by atoms with Gasteiger partial charge in [-0.1, -0.05) is 13.3 Å². The van der Waals surface area contributed by atoms with Gasteiger partial charge in [0.2, 0.25) is 11.8 Å². The van der Waals surface area contributed by atoms with Gasteiger partial charge in [0.25, 0.3) is 0 Å². The van der Waals surface area contributed by atoms with E-state index in [2.05, 4.69) is 17.6 Å². The van der Waals surface area contributed by atoms with Crippen LogP contribution in [0.25, 0.3) is 0 Å². The van der Waals surface area contributed by atoms with Gasteiger partial charge in [0.1, 0.15) is 0 Å². The maximum atomic E-state index is 12.2. The van der Waals surface area contributed by atoms with E-state index in [9.17, 15) is 9.59 Å². The zero-order valence-electron chi connectivity index (χ0n) is 13.3. The molecule has 1 atom stereocenters. The number of amides is 2. The molecule has 0 spiro atoms. The highest BCUT2D eigenvalue weighted by Gasteiger charge is 2.16. The van der Waals surface area contributed by atoms with Crippen molar-refractivity contribution in [3.05, 3.63) is 23.8 Å². The van der Waals surface area contributed by atoms with E-state index < -0.39 is 0 Å². The van der Waals surface area contributed by atoms with Crippen LogP contribution >= 0.6 is 11.8 Å². The van der Waals surface area contributed by atoms with Gasteiger partial charge in [-0.15, -0.1) is 11.8 Å². The molecule has 0 bridgehead atoms. The number of aryl methyl sites for hydroxylation is 1. The van der Waals surface area contributed by atoms with Crippen molar-refractivity contribution in [2.24, 2.45) is 0 Å². The van der Waals surface area contributed by atoms with Crippen LogP contribution in [0.1, 0.15) is 45.1 Å². The fraction of sp³-hybridized carbons (Fsp3) is 0.529. The first-order valence-corrected chi connectivity index (χ1v) is 9.00. The van der Waals surface area contributed by atoms with E-state index >= 15 is 0 Å². The molecule has 2 amide bonds. The number of carbonyl (C=O) groups is 2. The van der Waals surface area contributed by atoms with Crippen LogP contribution in [0.3, 0.4) is 0 Å². The zero-order valence-corrected chi connectivity index (χ0v) is 14.1. The number of carbonyl (C=O) groups excluding carboxylic acids is 2. The minimum absolute atomic E-state index is 0.0405. The molecule has 0 fully saturated rings. The molecule has 22 heavy (non-hydrogen) atoms. The summed E-state index contributed by atoms with van der Waals surface area (Å²) in [5, 5.41) is 5.83. The number of thioether (sulfide) groups is 1. The lowest BCUT2D eigenvalue weighted by molar-refractivity contribution is -0.116. The third-order valence-corrected chi connectivity index (χ3v) is 4.97. The number of unbranched alkanes of at least 4 members (excludes halogenated alkanes) is 1. The largest absolute Gasteiger partial charge is 0.326 e. The molecule has 0 saturated carbocycles. The minimum Gasteiger partial charge on any atom is -0.326 e. The molecule has 1 aliphatic rings. The number of hydrogen-bond donors (Lipinski definition) is 2. The first-order valence-electron chi connectivity index (χ1n) is 7.95. The van der Waals surface area contributed by atoms with Crippen LogP contribution in [0.15, 0.2) is 18.2 Å². The quantitative estimate of drug-likeness (QED) is 0.783. The summed E-state index contributed by atoms with van der Waals surface area (Å²) in [5.74, 6) is 1.12. The fourth-order valence-electron chi connectivity index (χ4n) is 2.38. The van der Waals surface area contributed by atoms with Crippen molar-refractivity contribution in [2.75, 3.05) is 16.4 Å². The first-order chi connectivity index (χ1) is 10.6. The molecule has 4 nitrogen and oxygen atoms in total. The molecular formula is C17H24N2O2S. The van der Waals surface area contributed by atoms with Crippen molar-refractivity contribution in [3.8, 4) is 0 Å². The molecule has 0 unspecified atom stereocenters. The highest BCUT2D eigenvalue weighted by atomic mass is 32.2. The summed E-state index contributed by atoms with van der Waals surface area (Å²) in [6.07, 6.45) is 4.55. The Morgan fingerprint density at radius 1 is 1.41 bits per heavy atom. The summed E-state index contributed by atoms with van der Waals surface area (Å²) in [6.45, 7) is 4.10. The molecule has 1 aliphatic heterocycles. The van der Waals surface area contributed by atoms with Crippen LogP contribution < -0.4 is 10.6 Å². The summed E-state index contributed by atoms with van der Waals surface area (Å²) in [4.78, 5) is 23.7. The van der Waals surface area contributed by atoms with E-state index in [1.54, 1.807) is 11.8 Å². The Balaban J connectivity index is 1.97. The van der Waals surface area contributed by atoms with Gasteiger partial charge in [-0.3, -0.25) is 9.59 Å². The lowest BCUT2D eigenvalue weighted by Crippen LogP contribution is -2.23. The predicted molar refractivity (Wildman–Crippen MR) is 93.5 cm³/mol. The van der Waals surface area contributed by atoms with Crippen molar-refractivity contribution in [1.29, 1.82) is 0 Å². The fourth-order valence-corrected chi connectivity index (χ4v) is 3.40. The topological polar surface area (TPSA) is 58.2 Å². The third kappa shape index (κ3) is 4.77. The van der Waals surface area contributed by atoms with Gasteiger partial charge >= 0.3 is 0 Å². The van der Waals surface area contributed by atoms with Crippen molar-refractivity contribution in [2.45, 2.75) is 51.2 Å². The average molecular weight is 320 g/mol. The third-order valence-electron chi connectivity index (χ3n) is 3.73. The lowest BCUT2D eigenvalue weighted by atomic mass is 10.1. The second-order valence-corrected chi connectivity index (χ2v) is 7.08. The maximum Gasteiger partial charge on any atom is 0.237 e. The molecule has 0 aliphatic carbocycles. The van der Waals surface area contributed by atoms with Gasteiger partial charge in [-0.05, 0) is 55.7 Å². The highest BCUT2D eigenvalue weighted by molar-refractivity contribution is 8.00. The normalized spacial score (nSPS) is 15.5. The molecule has 2 N–H and O–H groups in total. The standard InChI is InChI=1S/C17H24N2O2S/c1-3-4-10-22-12(2)17(21)18-14-8-9-15-13(11-14)6-5-7-16(20)19-15/h8-9,11-12H,3-7,10H2,1-2H3,(H,18,21)(H,19,20)/t12-/m1/s1. The summed E-state index contributed by atoms with van der Waals surface area (Å²) in [7, 11) is 0.